The van der Waals surface area contributed by atoms with Crippen molar-refractivity contribution in [3.05, 3.63) is 57.0 Å². The van der Waals surface area contributed by atoms with Gasteiger partial charge in [0.15, 0.2) is 0 Å². The van der Waals surface area contributed by atoms with Crippen molar-refractivity contribution in [3.63, 3.8) is 0 Å². The predicted molar refractivity (Wildman–Crippen MR) is 73.8 cm³/mol. The Labute approximate surface area is 119 Å². The lowest BCUT2D eigenvalue weighted by Gasteiger charge is -2.17. The van der Waals surface area contributed by atoms with Gasteiger partial charge in [-0.15, -0.1) is 11.3 Å². The van der Waals surface area contributed by atoms with E-state index in [1.165, 1.54) is 4.88 Å². The lowest BCUT2D eigenvalue weighted by Crippen LogP contribution is -2.31. The number of hydrogen-bond donors (Lipinski definition) is 2. The summed E-state index contributed by atoms with van der Waals surface area (Å²) < 4.78 is 40.4. The van der Waals surface area contributed by atoms with E-state index < -0.39 is 23.5 Å². The third kappa shape index (κ3) is 3.20. The smallest absolute Gasteiger partial charge is 0.133 e. The number of aryl methyl sites for hydroxylation is 1. The largest absolute Gasteiger partial charge is 0.271 e. The fourth-order valence-electron chi connectivity index (χ4n) is 2.05. The van der Waals surface area contributed by atoms with Crippen LogP contribution in [0.4, 0.5) is 13.2 Å². The lowest BCUT2D eigenvalue weighted by molar-refractivity contribution is 0.463. The first-order valence-corrected chi connectivity index (χ1v) is 7.05. The second-order valence-corrected chi connectivity index (χ2v) is 5.68. The van der Waals surface area contributed by atoms with Crippen LogP contribution in [0.25, 0.3) is 0 Å². The van der Waals surface area contributed by atoms with Gasteiger partial charge in [-0.05, 0) is 18.6 Å². The average Bonchev–Trinajstić information content (AvgIpc) is 2.84. The highest BCUT2D eigenvalue weighted by Crippen LogP contribution is 2.27. The van der Waals surface area contributed by atoms with Crippen molar-refractivity contribution < 1.29 is 13.2 Å². The molecule has 108 valence electrons. The van der Waals surface area contributed by atoms with Gasteiger partial charge in [-0.2, -0.15) is 0 Å². The molecule has 0 amide bonds. The van der Waals surface area contributed by atoms with Gasteiger partial charge in [0.1, 0.15) is 17.5 Å². The summed E-state index contributed by atoms with van der Waals surface area (Å²) in [6.45, 7) is 2.04. The Bertz CT molecular complexity index is 575. The van der Waals surface area contributed by atoms with Crippen molar-refractivity contribution in [1.29, 1.82) is 0 Å². The van der Waals surface area contributed by atoms with Crippen LogP contribution in [0.15, 0.2) is 24.3 Å². The van der Waals surface area contributed by atoms with Gasteiger partial charge >= 0.3 is 0 Å². The highest BCUT2D eigenvalue weighted by atomic mass is 32.1. The number of halogens is 3. The van der Waals surface area contributed by atoms with E-state index in [2.05, 4.69) is 5.43 Å². The van der Waals surface area contributed by atoms with Crippen LogP contribution in [0.1, 0.15) is 28.3 Å². The van der Waals surface area contributed by atoms with Crippen molar-refractivity contribution in [3.8, 4) is 0 Å². The molecule has 20 heavy (non-hydrogen) atoms. The number of thiophene rings is 1. The molecular formula is C14H15F3N2S. The number of nitrogens with two attached hydrogens (primary N) is 1. The number of rotatable bonds is 5. The molecule has 1 aromatic heterocycles. The van der Waals surface area contributed by atoms with E-state index >= 15 is 0 Å². The van der Waals surface area contributed by atoms with Crippen molar-refractivity contribution in [2.24, 2.45) is 5.84 Å². The highest BCUT2D eigenvalue weighted by molar-refractivity contribution is 7.11. The van der Waals surface area contributed by atoms with Gasteiger partial charge in [-0.3, -0.25) is 11.3 Å². The molecule has 0 saturated carbocycles. The Morgan fingerprint density at radius 2 is 1.75 bits per heavy atom. The molecule has 2 rings (SSSR count). The van der Waals surface area contributed by atoms with Crippen molar-refractivity contribution in [1.82, 2.24) is 5.43 Å². The minimum atomic E-state index is -0.941. The number of benzene rings is 1. The Balaban J connectivity index is 2.28. The minimum absolute atomic E-state index is 0.236. The van der Waals surface area contributed by atoms with E-state index in [4.69, 9.17) is 5.84 Å². The van der Waals surface area contributed by atoms with E-state index in [1.54, 1.807) is 11.3 Å². The third-order valence-corrected chi connectivity index (χ3v) is 4.32. The average molecular weight is 300 g/mol. The topological polar surface area (TPSA) is 38.0 Å². The van der Waals surface area contributed by atoms with Gasteiger partial charge in [0, 0.05) is 33.9 Å². The molecule has 0 aliphatic carbocycles. The zero-order valence-corrected chi connectivity index (χ0v) is 11.7. The molecule has 0 aliphatic heterocycles. The summed E-state index contributed by atoms with van der Waals surface area (Å²) >= 11 is 1.57. The fraction of sp³-hybridized carbons (Fsp3) is 0.286. The summed E-state index contributed by atoms with van der Waals surface area (Å²) in [6, 6.07) is 4.47. The molecule has 0 fully saturated rings. The standard InChI is InChI=1S/C14H15F3N2S/c1-2-9-3-4-10(20-9)7-13(19-18)14-11(16)5-8(15)6-12(14)17/h3-6,13,19H,2,7,18H2,1H3. The lowest BCUT2D eigenvalue weighted by atomic mass is 10.0. The van der Waals surface area contributed by atoms with Crippen LogP contribution >= 0.6 is 11.3 Å². The second-order valence-electron chi connectivity index (χ2n) is 4.43. The van der Waals surface area contributed by atoms with Crippen LogP contribution in [0, 0.1) is 17.5 Å². The van der Waals surface area contributed by atoms with Gasteiger partial charge < -0.3 is 0 Å². The third-order valence-electron chi connectivity index (χ3n) is 3.06. The van der Waals surface area contributed by atoms with Crippen molar-refractivity contribution in [2.75, 3.05) is 0 Å². The molecule has 1 heterocycles. The van der Waals surface area contributed by atoms with Crippen LogP contribution in [-0.2, 0) is 12.8 Å². The van der Waals surface area contributed by atoms with Gasteiger partial charge in [0.25, 0.3) is 0 Å². The molecule has 2 nitrogen and oxygen atoms in total. The first-order valence-electron chi connectivity index (χ1n) is 6.23. The summed E-state index contributed by atoms with van der Waals surface area (Å²) in [5.41, 5.74) is 2.16. The molecule has 0 aliphatic rings. The molecule has 1 aromatic carbocycles. The van der Waals surface area contributed by atoms with Gasteiger partial charge in [0.2, 0.25) is 0 Å². The maximum absolute atomic E-state index is 13.8. The van der Waals surface area contributed by atoms with E-state index in [9.17, 15) is 13.2 Å². The Morgan fingerprint density at radius 1 is 1.15 bits per heavy atom. The van der Waals surface area contributed by atoms with Crippen LogP contribution in [0.3, 0.4) is 0 Å². The van der Waals surface area contributed by atoms with E-state index in [1.807, 2.05) is 19.1 Å². The number of hydrogen-bond acceptors (Lipinski definition) is 3. The maximum Gasteiger partial charge on any atom is 0.133 e. The van der Waals surface area contributed by atoms with Crippen LogP contribution < -0.4 is 11.3 Å². The molecule has 0 saturated heterocycles. The Morgan fingerprint density at radius 3 is 2.25 bits per heavy atom. The molecule has 1 atom stereocenters. The van der Waals surface area contributed by atoms with Gasteiger partial charge in [0.05, 0.1) is 6.04 Å². The van der Waals surface area contributed by atoms with Gasteiger partial charge in [-0.25, -0.2) is 13.2 Å². The van der Waals surface area contributed by atoms with E-state index in [0.717, 1.165) is 11.3 Å². The van der Waals surface area contributed by atoms with Crippen LogP contribution in [-0.4, -0.2) is 0 Å². The Kier molecular flexibility index (Phi) is 4.80. The molecule has 0 bridgehead atoms. The first-order chi connectivity index (χ1) is 9.55. The summed E-state index contributed by atoms with van der Waals surface area (Å²) in [5.74, 6) is 2.59. The normalized spacial score (nSPS) is 12.7. The van der Waals surface area contributed by atoms with Crippen LogP contribution in [0.5, 0.6) is 0 Å². The van der Waals surface area contributed by atoms with Crippen molar-refractivity contribution >= 4 is 11.3 Å². The Hall–Kier alpha value is -1.37. The zero-order chi connectivity index (χ0) is 14.7. The second kappa shape index (κ2) is 6.39. The minimum Gasteiger partial charge on any atom is -0.271 e. The first kappa shape index (κ1) is 15.0. The monoisotopic (exact) mass is 300 g/mol. The molecule has 3 N–H and O–H groups in total. The molecule has 2 aromatic rings. The summed E-state index contributed by atoms with van der Waals surface area (Å²) in [7, 11) is 0. The van der Waals surface area contributed by atoms with Crippen molar-refractivity contribution in [2.45, 2.75) is 25.8 Å². The van der Waals surface area contributed by atoms with Crippen LogP contribution in [0.2, 0.25) is 0 Å². The molecule has 0 radical (unpaired) electrons. The molecule has 0 spiro atoms. The SMILES string of the molecule is CCc1ccc(CC(NN)c2c(F)cc(F)cc2F)s1. The van der Waals surface area contributed by atoms with E-state index in [-0.39, 0.29) is 5.56 Å². The summed E-state index contributed by atoms with van der Waals surface area (Å²) in [4.78, 5) is 2.16. The number of nitrogens with one attached hydrogen (secondary N) is 1. The zero-order valence-electron chi connectivity index (χ0n) is 10.9. The predicted octanol–water partition coefficient (Wildman–Crippen LogP) is 3.47. The molecule has 6 heteroatoms. The quantitative estimate of drug-likeness (QED) is 0.655. The van der Waals surface area contributed by atoms with Gasteiger partial charge in [-0.1, -0.05) is 6.92 Å². The molecular weight excluding hydrogens is 285 g/mol. The summed E-state index contributed by atoms with van der Waals surface area (Å²) in [5, 5.41) is 0. The fourth-order valence-corrected chi connectivity index (χ4v) is 3.06. The maximum atomic E-state index is 13.8. The molecule has 1 unspecified atom stereocenters. The summed E-state index contributed by atoms with van der Waals surface area (Å²) in [6.07, 6.45) is 1.26. The number of hydrazine groups is 1. The highest BCUT2D eigenvalue weighted by Gasteiger charge is 2.21. The van der Waals surface area contributed by atoms with E-state index in [0.29, 0.717) is 18.6 Å².